The molecule has 2 nitrogen and oxygen atoms in total. The summed E-state index contributed by atoms with van der Waals surface area (Å²) in [5.74, 6) is 5.96. The van der Waals surface area contributed by atoms with Gasteiger partial charge in [0.15, 0.2) is 0 Å². The molecule has 100 valence electrons. The molecule has 0 aliphatic carbocycles. The molecule has 0 radical (unpaired) electrons. The molecule has 2 rings (SSSR count). The van der Waals surface area contributed by atoms with Crippen LogP contribution in [-0.4, -0.2) is 7.11 Å². The standard InChI is InChI=1S/C17H14FNO/c1-12(20-2)16-11-15(18)10-9-13(16)7-8-14-5-3-4-6-17(14)19/h3-6,9-11H,1,19H2,2H3. The number of nitrogen functional groups attached to an aromatic ring is 1. The zero-order chi connectivity index (χ0) is 14.5. The van der Waals surface area contributed by atoms with E-state index in [-0.39, 0.29) is 5.82 Å². The molecule has 0 aromatic heterocycles. The van der Waals surface area contributed by atoms with Gasteiger partial charge in [-0.2, -0.15) is 0 Å². The third-order valence-electron chi connectivity index (χ3n) is 2.82. The lowest BCUT2D eigenvalue weighted by atomic mass is 10.1. The second-order valence-corrected chi connectivity index (χ2v) is 4.15. The van der Waals surface area contributed by atoms with E-state index >= 15 is 0 Å². The van der Waals surface area contributed by atoms with Crippen LogP contribution >= 0.6 is 0 Å². The number of ether oxygens (including phenoxy) is 1. The summed E-state index contributed by atoms with van der Waals surface area (Å²) in [6.45, 7) is 3.74. The Balaban J connectivity index is 2.45. The number of hydrogen-bond acceptors (Lipinski definition) is 2. The molecule has 0 atom stereocenters. The molecule has 0 heterocycles. The van der Waals surface area contributed by atoms with Crippen molar-refractivity contribution in [2.75, 3.05) is 12.8 Å². The fourth-order valence-corrected chi connectivity index (χ4v) is 1.71. The quantitative estimate of drug-likeness (QED) is 0.514. The fourth-order valence-electron chi connectivity index (χ4n) is 1.71. The van der Waals surface area contributed by atoms with Crippen molar-refractivity contribution in [2.24, 2.45) is 0 Å². The molecule has 0 saturated heterocycles. The van der Waals surface area contributed by atoms with Crippen LogP contribution in [0.1, 0.15) is 16.7 Å². The van der Waals surface area contributed by atoms with Gasteiger partial charge in [-0.1, -0.05) is 30.6 Å². The van der Waals surface area contributed by atoms with Gasteiger partial charge in [0.05, 0.1) is 7.11 Å². The number of hydrogen-bond donors (Lipinski definition) is 1. The van der Waals surface area contributed by atoms with Crippen LogP contribution in [-0.2, 0) is 4.74 Å². The van der Waals surface area contributed by atoms with Crippen molar-refractivity contribution in [2.45, 2.75) is 0 Å². The van der Waals surface area contributed by atoms with Crippen LogP contribution in [0.4, 0.5) is 10.1 Å². The van der Waals surface area contributed by atoms with Crippen LogP contribution in [0.2, 0.25) is 0 Å². The smallest absolute Gasteiger partial charge is 0.124 e. The van der Waals surface area contributed by atoms with E-state index in [1.165, 1.54) is 19.2 Å². The van der Waals surface area contributed by atoms with Crippen molar-refractivity contribution in [1.29, 1.82) is 0 Å². The summed E-state index contributed by atoms with van der Waals surface area (Å²) in [7, 11) is 1.49. The Morgan fingerprint density at radius 3 is 2.55 bits per heavy atom. The summed E-state index contributed by atoms with van der Waals surface area (Å²) in [4.78, 5) is 0. The molecule has 0 bridgehead atoms. The van der Waals surface area contributed by atoms with Crippen LogP contribution in [0.5, 0.6) is 0 Å². The summed E-state index contributed by atoms with van der Waals surface area (Å²) in [6, 6.07) is 11.6. The number of methoxy groups -OCH3 is 1. The first kappa shape index (κ1) is 13.7. The maximum Gasteiger partial charge on any atom is 0.124 e. The SMILES string of the molecule is C=C(OC)c1cc(F)ccc1C#Cc1ccccc1N. The number of halogens is 1. The molecule has 20 heavy (non-hydrogen) atoms. The highest BCUT2D eigenvalue weighted by atomic mass is 19.1. The van der Waals surface area contributed by atoms with E-state index in [1.54, 1.807) is 12.1 Å². The minimum Gasteiger partial charge on any atom is -0.497 e. The summed E-state index contributed by atoms with van der Waals surface area (Å²) < 4.78 is 18.4. The topological polar surface area (TPSA) is 35.2 Å². The van der Waals surface area contributed by atoms with Gasteiger partial charge in [-0.25, -0.2) is 4.39 Å². The third kappa shape index (κ3) is 2.99. The van der Waals surface area contributed by atoms with Gasteiger partial charge in [-0.05, 0) is 30.3 Å². The predicted octanol–water partition coefficient (Wildman–Crippen LogP) is 3.42. The lowest BCUT2D eigenvalue weighted by Crippen LogP contribution is -1.93. The second-order valence-electron chi connectivity index (χ2n) is 4.15. The minimum absolute atomic E-state index is 0.358. The Bertz CT molecular complexity index is 710. The highest BCUT2D eigenvalue weighted by molar-refractivity contribution is 5.66. The van der Waals surface area contributed by atoms with E-state index in [4.69, 9.17) is 10.5 Å². The summed E-state index contributed by atoms with van der Waals surface area (Å²) >= 11 is 0. The highest BCUT2D eigenvalue weighted by Gasteiger charge is 2.06. The number of rotatable bonds is 2. The van der Waals surface area contributed by atoms with Crippen molar-refractivity contribution >= 4 is 11.4 Å². The maximum absolute atomic E-state index is 13.3. The number of anilines is 1. The van der Waals surface area contributed by atoms with Crippen LogP contribution in [0.25, 0.3) is 5.76 Å². The zero-order valence-electron chi connectivity index (χ0n) is 11.1. The molecular weight excluding hydrogens is 253 g/mol. The summed E-state index contributed by atoms with van der Waals surface area (Å²) in [6.07, 6.45) is 0. The first-order valence-corrected chi connectivity index (χ1v) is 6.01. The lowest BCUT2D eigenvalue weighted by Gasteiger charge is -2.07. The molecule has 0 fully saturated rings. The van der Waals surface area contributed by atoms with Crippen LogP contribution < -0.4 is 5.73 Å². The minimum atomic E-state index is -0.358. The second kappa shape index (κ2) is 5.94. The Kier molecular flexibility index (Phi) is 4.07. The Hall–Kier alpha value is -2.73. The number of nitrogens with two attached hydrogens (primary N) is 1. The molecule has 3 heteroatoms. The van der Waals surface area contributed by atoms with Crippen LogP contribution in [0.15, 0.2) is 49.0 Å². The van der Waals surface area contributed by atoms with Crippen molar-refractivity contribution in [3.8, 4) is 11.8 Å². The molecule has 0 spiro atoms. The van der Waals surface area contributed by atoms with Crippen LogP contribution in [0, 0.1) is 17.7 Å². The van der Waals surface area contributed by atoms with Gasteiger partial charge in [0.1, 0.15) is 11.6 Å². The zero-order valence-corrected chi connectivity index (χ0v) is 11.1. The molecule has 0 unspecified atom stereocenters. The van der Waals surface area contributed by atoms with Gasteiger partial charge in [-0.3, -0.25) is 0 Å². The van der Waals surface area contributed by atoms with Crippen LogP contribution in [0.3, 0.4) is 0 Å². The van der Waals surface area contributed by atoms with Crippen molar-refractivity contribution in [3.63, 3.8) is 0 Å². The fraction of sp³-hybridized carbons (Fsp3) is 0.0588. The molecule has 2 aromatic carbocycles. The third-order valence-corrected chi connectivity index (χ3v) is 2.82. The average molecular weight is 267 g/mol. The van der Waals surface area contributed by atoms with E-state index in [9.17, 15) is 4.39 Å². The van der Waals surface area contributed by atoms with Gasteiger partial charge in [0.25, 0.3) is 0 Å². The maximum atomic E-state index is 13.3. The monoisotopic (exact) mass is 267 g/mol. The molecule has 0 saturated carbocycles. The highest BCUT2D eigenvalue weighted by Crippen LogP contribution is 2.19. The number of benzene rings is 2. The molecular formula is C17H14FNO. The predicted molar refractivity (Wildman–Crippen MR) is 79.3 cm³/mol. The van der Waals surface area contributed by atoms with E-state index in [0.29, 0.717) is 22.6 Å². The van der Waals surface area contributed by atoms with E-state index in [2.05, 4.69) is 18.4 Å². The largest absolute Gasteiger partial charge is 0.497 e. The molecule has 0 aliphatic heterocycles. The summed E-state index contributed by atoms with van der Waals surface area (Å²) in [5, 5.41) is 0. The van der Waals surface area contributed by atoms with E-state index < -0.39 is 0 Å². The van der Waals surface area contributed by atoms with Crippen molar-refractivity contribution in [3.05, 3.63) is 71.6 Å². The van der Waals surface area contributed by atoms with Crippen molar-refractivity contribution in [1.82, 2.24) is 0 Å². The van der Waals surface area contributed by atoms with E-state index in [1.807, 2.05) is 18.2 Å². The Morgan fingerprint density at radius 1 is 1.15 bits per heavy atom. The Labute approximate surface area is 117 Å². The van der Waals surface area contributed by atoms with Gasteiger partial charge in [0.2, 0.25) is 0 Å². The van der Waals surface area contributed by atoms with Gasteiger partial charge in [0, 0.05) is 22.4 Å². The van der Waals surface area contributed by atoms with Crippen molar-refractivity contribution < 1.29 is 9.13 Å². The average Bonchev–Trinajstić information content (AvgIpc) is 2.46. The van der Waals surface area contributed by atoms with Gasteiger partial charge in [-0.15, -0.1) is 0 Å². The number of para-hydroxylation sites is 1. The first-order valence-electron chi connectivity index (χ1n) is 6.01. The summed E-state index contributed by atoms with van der Waals surface area (Å²) in [5.41, 5.74) is 8.34. The molecule has 0 aliphatic rings. The first-order chi connectivity index (χ1) is 9.61. The Morgan fingerprint density at radius 2 is 1.85 bits per heavy atom. The van der Waals surface area contributed by atoms with Gasteiger partial charge >= 0.3 is 0 Å². The lowest BCUT2D eigenvalue weighted by molar-refractivity contribution is 0.371. The molecule has 0 amide bonds. The normalized spacial score (nSPS) is 9.50. The molecule has 2 N–H and O–H groups in total. The van der Waals surface area contributed by atoms with Gasteiger partial charge < -0.3 is 10.5 Å². The van der Waals surface area contributed by atoms with E-state index in [0.717, 1.165) is 5.56 Å². The molecule has 2 aromatic rings.